The molecule has 27 heavy (non-hydrogen) atoms. The van der Waals surface area contributed by atoms with Crippen LogP contribution in [0.4, 0.5) is 5.69 Å². The molecule has 1 aliphatic rings. The number of hydrogen-bond acceptors (Lipinski definition) is 4. The number of benzene rings is 1. The van der Waals surface area contributed by atoms with Crippen molar-refractivity contribution in [2.75, 3.05) is 18.4 Å². The second-order valence-corrected chi connectivity index (χ2v) is 7.06. The maximum absolute atomic E-state index is 12.4. The summed E-state index contributed by atoms with van der Waals surface area (Å²) in [6.07, 6.45) is 5.96. The Morgan fingerprint density at radius 3 is 2.78 bits per heavy atom. The van der Waals surface area contributed by atoms with E-state index in [9.17, 15) is 4.79 Å². The number of hydrogen-bond donors (Lipinski definition) is 1. The van der Waals surface area contributed by atoms with Crippen molar-refractivity contribution in [3.63, 3.8) is 0 Å². The topological polar surface area (TPSA) is 63.3 Å². The summed E-state index contributed by atoms with van der Waals surface area (Å²) in [5.41, 5.74) is 3.09. The quantitative estimate of drug-likeness (QED) is 0.725. The van der Waals surface area contributed by atoms with Crippen molar-refractivity contribution in [1.82, 2.24) is 14.7 Å². The van der Waals surface area contributed by atoms with E-state index >= 15 is 0 Å². The maximum Gasteiger partial charge on any atom is 0.291 e. The highest BCUT2D eigenvalue weighted by atomic mass is 16.4. The van der Waals surface area contributed by atoms with Crippen LogP contribution >= 0.6 is 0 Å². The number of aromatic nitrogens is 2. The van der Waals surface area contributed by atoms with Gasteiger partial charge in [0.1, 0.15) is 5.76 Å². The van der Waals surface area contributed by atoms with Gasteiger partial charge < -0.3 is 9.73 Å². The summed E-state index contributed by atoms with van der Waals surface area (Å²) in [4.78, 5) is 14.8. The van der Waals surface area contributed by atoms with E-state index in [0.717, 1.165) is 25.4 Å². The molecule has 1 aromatic carbocycles. The Morgan fingerprint density at radius 1 is 1.15 bits per heavy atom. The van der Waals surface area contributed by atoms with Crippen LogP contribution in [0.1, 0.15) is 40.3 Å². The van der Waals surface area contributed by atoms with Crippen LogP contribution in [-0.4, -0.2) is 33.7 Å². The number of carbonyl (C=O) groups is 1. The van der Waals surface area contributed by atoms with Gasteiger partial charge in [-0.3, -0.25) is 14.4 Å². The van der Waals surface area contributed by atoms with E-state index in [-0.39, 0.29) is 5.91 Å². The van der Waals surface area contributed by atoms with Crippen LogP contribution in [0.2, 0.25) is 0 Å². The first-order valence-corrected chi connectivity index (χ1v) is 9.37. The summed E-state index contributed by atoms with van der Waals surface area (Å²) < 4.78 is 7.54. The Balaban J connectivity index is 1.36. The number of amides is 1. The summed E-state index contributed by atoms with van der Waals surface area (Å²) in [6, 6.07) is 11.8. The first-order valence-electron chi connectivity index (χ1n) is 9.37. The van der Waals surface area contributed by atoms with Crippen LogP contribution in [0, 0.1) is 6.92 Å². The summed E-state index contributed by atoms with van der Waals surface area (Å²) in [5, 5.41) is 7.19. The number of carbonyl (C=O) groups excluding carboxylic acids is 1. The van der Waals surface area contributed by atoms with E-state index < -0.39 is 0 Å². The molecule has 1 fully saturated rings. The van der Waals surface area contributed by atoms with Crippen LogP contribution in [0.5, 0.6) is 0 Å². The number of furan rings is 1. The molecular formula is C21H24N4O2. The number of likely N-dealkylation sites (tertiary alicyclic amines) is 1. The van der Waals surface area contributed by atoms with Gasteiger partial charge in [-0.25, -0.2) is 0 Å². The zero-order valence-corrected chi connectivity index (χ0v) is 15.5. The van der Waals surface area contributed by atoms with E-state index in [1.165, 1.54) is 24.0 Å². The number of rotatable bonds is 6. The number of nitrogens with zero attached hydrogens (tertiary/aromatic N) is 3. The standard InChI is InChI=1S/C21H24N4O2/c1-16-6-2-3-7-17(16)13-25-14-18(12-22-25)23-21(26)20-9-8-19(27-20)15-24-10-4-5-11-24/h2-3,6-9,12,14H,4-5,10-11,13,15H2,1H3,(H,23,26). The molecule has 1 saturated heterocycles. The zero-order valence-electron chi connectivity index (χ0n) is 15.5. The molecule has 4 rings (SSSR count). The third-order valence-electron chi connectivity index (χ3n) is 4.95. The monoisotopic (exact) mass is 364 g/mol. The lowest BCUT2D eigenvalue weighted by Gasteiger charge is -2.11. The van der Waals surface area contributed by atoms with Crippen molar-refractivity contribution in [2.24, 2.45) is 0 Å². The van der Waals surface area contributed by atoms with E-state index in [0.29, 0.717) is 18.0 Å². The number of aryl methyl sites for hydroxylation is 1. The Hall–Kier alpha value is -2.86. The fourth-order valence-electron chi connectivity index (χ4n) is 3.42. The predicted molar refractivity (Wildman–Crippen MR) is 104 cm³/mol. The van der Waals surface area contributed by atoms with Crippen molar-refractivity contribution in [3.05, 3.63) is 71.4 Å². The maximum atomic E-state index is 12.4. The molecule has 1 aliphatic heterocycles. The van der Waals surface area contributed by atoms with Gasteiger partial charge >= 0.3 is 0 Å². The summed E-state index contributed by atoms with van der Waals surface area (Å²) in [6.45, 7) is 5.72. The molecule has 0 radical (unpaired) electrons. The number of anilines is 1. The van der Waals surface area contributed by atoms with Crippen LogP contribution in [0.25, 0.3) is 0 Å². The smallest absolute Gasteiger partial charge is 0.291 e. The molecule has 0 unspecified atom stereocenters. The van der Waals surface area contributed by atoms with E-state index in [1.54, 1.807) is 12.3 Å². The molecule has 0 spiro atoms. The highest BCUT2D eigenvalue weighted by molar-refractivity contribution is 6.02. The average molecular weight is 364 g/mol. The second-order valence-electron chi connectivity index (χ2n) is 7.06. The lowest BCUT2D eigenvalue weighted by Crippen LogP contribution is -2.17. The predicted octanol–water partition coefficient (Wildman–Crippen LogP) is 3.68. The van der Waals surface area contributed by atoms with E-state index in [2.05, 4.69) is 34.4 Å². The van der Waals surface area contributed by atoms with Gasteiger partial charge in [0.15, 0.2) is 5.76 Å². The molecule has 3 aromatic rings. The molecule has 0 saturated carbocycles. The Morgan fingerprint density at radius 2 is 1.96 bits per heavy atom. The van der Waals surface area contributed by atoms with Gasteiger partial charge in [0.2, 0.25) is 0 Å². The Labute approximate surface area is 158 Å². The SMILES string of the molecule is Cc1ccccc1Cn1cc(NC(=O)c2ccc(CN3CCCC3)o2)cn1. The summed E-state index contributed by atoms with van der Waals surface area (Å²) >= 11 is 0. The van der Waals surface area contributed by atoms with Crippen molar-refractivity contribution < 1.29 is 9.21 Å². The molecule has 1 amide bonds. The molecule has 0 bridgehead atoms. The summed E-state index contributed by atoms with van der Waals surface area (Å²) in [5.74, 6) is 0.909. The summed E-state index contributed by atoms with van der Waals surface area (Å²) in [7, 11) is 0. The normalized spacial score (nSPS) is 14.6. The fourth-order valence-corrected chi connectivity index (χ4v) is 3.42. The highest BCUT2D eigenvalue weighted by Crippen LogP contribution is 2.17. The minimum absolute atomic E-state index is 0.252. The van der Waals surface area contributed by atoms with Crippen molar-refractivity contribution in [2.45, 2.75) is 32.9 Å². The van der Waals surface area contributed by atoms with Gasteiger partial charge in [-0.15, -0.1) is 0 Å². The minimum Gasteiger partial charge on any atom is -0.455 e. The number of nitrogens with one attached hydrogen (secondary N) is 1. The highest BCUT2D eigenvalue weighted by Gasteiger charge is 2.16. The molecule has 6 heteroatoms. The van der Waals surface area contributed by atoms with E-state index in [1.807, 2.05) is 29.1 Å². The molecular weight excluding hydrogens is 340 g/mol. The lowest BCUT2D eigenvalue weighted by atomic mass is 10.1. The van der Waals surface area contributed by atoms with Gasteiger partial charge in [-0.05, 0) is 56.1 Å². The molecule has 6 nitrogen and oxygen atoms in total. The van der Waals surface area contributed by atoms with Crippen molar-refractivity contribution in [1.29, 1.82) is 0 Å². The third-order valence-corrected chi connectivity index (χ3v) is 4.95. The van der Waals surface area contributed by atoms with Gasteiger partial charge in [-0.2, -0.15) is 5.10 Å². The third kappa shape index (κ3) is 4.28. The van der Waals surface area contributed by atoms with Crippen molar-refractivity contribution in [3.8, 4) is 0 Å². The Bertz CT molecular complexity index is 922. The first-order chi connectivity index (χ1) is 13.2. The molecule has 2 aromatic heterocycles. The molecule has 1 N–H and O–H groups in total. The minimum atomic E-state index is -0.252. The van der Waals surface area contributed by atoms with Crippen molar-refractivity contribution >= 4 is 11.6 Å². The zero-order chi connectivity index (χ0) is 18.6. The van der Waals surface area contributed by atoms with Crippen LogP contribution in [-0.2, 0) is 13.1 Å². The largest absolute Gasteiger partial charge is 0.455 e. The second kappa shape index (κ2) is 7.80. The average Bonchev–Trinajstić information content (AvgIpc) is 3.40. The molecule has 3 heterocycles. The molecule has 0 aliphatic carbocycles. The fraction of sp³-hybridized carbons (Fsp3) is 0.333. The first kappa shape index (κ1) is 17.5. The van der Waals surface area contributed by atoms with E-state index in [4.69, 9.17) is 4.42 Å². The lowest BCUT2D eigenvalue weighted by molar-refractivity contribution is 0.0993. The molecule has 0 atom stereocenters. The van der Waals surface area contributed by atoms with Crippen LogP contribution in [0.15, 0.2) is 53.2 Å². The van der Waals surface area contributed by atoms with Gasteiger partial charge in [0.25, 0.3) is 5.91 Å². The van der Waals surface area contributed by atoms with Gasteiger partial charge in [0.05, 0.1) is 25.0 Å². The Kier molecular flexibility index (Phi) is 5.07. The van der Waals surface area contributed by atoms with Crippen LogP contribution < -0.4 is 5.32 Å². The van der Waals surface area contributed by atoms with Gasteiger partial charge in [-0.1, -0.05) is 24.3 Å². The molecule has 140 valence electrons. The van der Waals surface area contributed by atoms with Crippen LogP contribution in [0.3, 0.4) is 0 Å². The van der Waals surface area contributed by atoms with Gasteiger partial charge in [0, 0.05) is 6.20 Å².